The predicted molar refractivity (Wildman–Crippen MR) is 98.1 cm³/mol. The maximum Gasteiger partial charge on any atom is 0.186 e. The van der Waals surface area contributed by atoms with Crippen LogP contribution in [0.4, 0.5) is 0 Å². The van der Waals surface area contributed by atoms with Gasteiger partial charge in [-0.15, -0.1) is 0 Å². The molecule has 0 aliphatic carbocycles. The molecule has 1 aliphatic heterocycles. The van der Waals surface area contributed by atoms with Gasteiger partial charge in [-0.1, -0.05) is 18.2 Å². The Balaban J connectivity index is 1.58. The molecule has 2 aromatic rings. The SMILES string of the molecule is OCC1OC(OCC(O)C(O)C(O)c2cnn(-c3ccccc3)n2)C(O)C(O)C1O. The van der Waals surface area contributed by atoms with Gasteiger partial charge in [0.25, 0.3) is 0 Å². The lowest BCUT2D eigenvalue weighted by atomic mass is 9.99. The number of para-hydroxylation sites is 1. The van der Waals surface area contributed by atoms with Crippen molar-refractivity contribution in [1.29, 1.82) is 0 Å². The molecular weight excluding hydrogens is 402 g/mol. The first-order valence-electron chi connectivity index (χ1n) is 9.27. The van der Waals surface area contributed by atoms with Crippen LogP contribution in [0.3, 0.4) is 0 Å². The van der Waals surface area contributed by atoms with E-state index in [1.807, 2.05) is 6.07 Å². The summed E-state index contributed by atoms with van der Waals surface area (Å²) in [7, 11) is 0. The zero-order valence-electron chi connectivity index (χ0n) is 15.8. The molecule has 12 heteroatoms. The van der Waals surface area contributed by atoms with Crippen molar-refractivity contribution in [2.24, 2.45) is 0 Å². The van der Waals surface area contributed by atoms with Crippen LogP contribution in [0.5, 0.6) is 0 Å². The van der Waals surface area contributed by atoms with Gasteiger partial charge in [0, 0.05) is 0 Å². The Bertz CT molecular complexity index is 790. The van der Waals surface area contributed by atoms with Crippen LogP contribution >= 0.6 is 0 Å². The Morgan fingerprint density at radius 3 is 2.40 bits per heavy atom. The Morgan fingerprint density at radius 1 is 1.03 bits per heavy atom. The minimum Gasteiger partial charge on any atom is -0.394 e. The molecule has 2 heterocycles. The number of hydrogen-bond acceptors (Lipinski definition) is 11. The molecular formula is C18H25N3O9. The largest absolute Gasteiger partial charge is 0.394 e. The lowest BCUT2D eigenvalue weighted by Crippen LogP contribution is -2.59. The molecule has 0 bridgehead atoms. The van der Waals surface area contributed by atoms with Gasteiger partial charge in [0.1, 0.15) is 48.4 Å². The zero-order chi connectivity index (χ0) is 21.8. The van der Waals surface area contributed by atoms with Crippen molar-refractivity contribution in [2.45, 2.75) is 49.0 Å². The van der Waals surface area contributed by atoms with Crippen molar-refractivity contribution in [1.82, 2.24) is 15.0 Å². The first-order chi connectivity index (χ1) is 14.3. The Labute approximate surface area is 171 Å². The molecule has 7 N–H and O–H groups in total. The van der Waals surface area contributed by atoms with Crippen LogP contribution in [0.15, 0.2) is 36.5 Å². The Morgan fingerprint density at radius 2 is 1.73 bits per heavy atom. The van der Waals surface area contributed by atoms with E-state index in [4.69, 9.17) is 14.6 Å². The molecule has 0 radical (unpaired) electrons. The normalized spacial score (nSPS) is 30.0. The maximum atomic E-state index is 10.3. The first-order valence-corrected chi connectivity index (χ1v) is 9.27. The molecule has 166 valence electrons. The predicted octanol–water partition coefficient (Wildman–Crippen LogP) is -3.16. The van der Waals surface area contributed by atoms with E-state index >= 15 is 0 Å². The van der Waals surface area contributed by atoms with E-state index in [1.165, 1.54) is 11.0 Å². The monoisotopic (exact) mass is 427 g/mol. The number of hydrogen-bond donors (Lipinski definition) is 7. The highest BCUT2D eigenvalue weighted by Gasteiger charge is 2.44. The number of aliphatic hydroxyl groups is 7. The fourth-order valence-corrected chi connectivity index (χ4v) is 2.98. The topological polar surface area (TPSA) is 191 Å². The molecule has 0 saturated carbocycles. The molecule has 30 heavy (non-hydrogen) atoms. The molecule has 8 atom stereocenters. The molecule has 1 aliphatic rings. The van der Waals surface area contributed by atoms with Gasteiger partial charge < -0.3 is 45.2 Å². The summed E-state index contributed by atoms with van der Waals surface area (Å²) in [5, 5.41) is 77.3. The number of ether oxygens (including phenoxy) is 2. The average Bonchev–Trinajstić information content (AvgIpc) is 3.26. The van der Waals surface area contributed by atoms with Gasteiger partial charge in [0.2, 0.25) is 0 Å². The summed E-state index contributed by atoms with van der Waals surface area (Å²) >= 11 is 0. The van der Waals surface area contributed by atoms with Crippen LogP contribution in [0.2, 0.25) is 0 Å². The van der Waals surface area contributed by atoms with Crippen LogP contribution in [0.25, 0.3) is 5.69 Å². The maximum absolute atomic E-state index is 10.3. The van der Waals surface area contributed by atoms with Crippen LogP contribution in [-0.4, -0.2) is 107 Å². The summed E-state index contributed by atoms with van der Waals surface area (Å²) in [6.07, 6.45) is -11.2. The zero-order valence-corrected chi connectivity index (χ0v) is 15.8. The van der Waals surface area contributed by atoms with E-state index in [-0.39, 0.29) is 5.69 Å². The number of rotatable bonds is 8. The summed E-state index contributed by atoms with van der Waals surface area (Å²) in [6, 6.07) is 8.87. The van der Waals surface area contributed by atoms with E-state index in [0.717, 1.165) is 0 Å². The smallest absolute Gasteiger partial charge is 0.186 e. The first kappa shape index (κ1) is 22.7. The van der Waals surface area contributed by atoms with Gasteiger partial charge in [0.05, 0.1) is 25.1 Å². The number of aliphatic hydroxyl groups excluding tert-OH is 7. The minimum absolute atomic E-state index is 0.0123. The third-order valence-corrected chi connectivity index (χ3v) is 4.80. The van der Waals surface area contributed by atoms with Crippen LogP contribution in [-0.2, 0) is 9.47 Å². The summed E-state index contributed by atoms with van der Waals surface area (Å²) in [5.41, 5.74) is 0.648. The van der Waals surface area contributed by atoms with Crippen molar-refractivity contribution < 1.29 is 45.2 Å². The molecule has 0 amide bonds. The van der Waals surface area contributed by atoms with Crippen LogP contribution in [0, 0.1) is 0 Å². The fourth-order valence-electron chi connectivity index (χ4n) is 2.98. The summed E-state index contributed by atoms with van der Waals surface area (Å²) in [6.45, 7) is -1.22. The molecule has 8 unspecified atom stereocenters. The molecule has 1 saturated heterocycles. The van der Waals surface area contributed by atoms with Gasteiger partial charge in [-0.25, -0.2) is 0 Å². The third kappa shape index (κ3) is 4.83. The molecule has 1 aromatic carbocycles. The average molecular weight is 427 g/mol. The van der Waals surface area contributed by atoms with Gasteiger partial charge in [-0.2, -0.15) is 15.0 Å². The summed E-state index contributed by atoms with van der Waals surface area (Å²) in [4.78, 5) is 1.25. The standard InChI is InChI=1S/C18H25N3O9/c22-7-12-15(26)16(27)17(28)18(30-12)29-8-11(23)14(25)13(24)10-6-19-21(20-10)9-4-2-1-3-5-9/h1-6,11-18,22-28H,7-8H2. The minimum atomic E-state index is -1.71. The second-order valence-corrected chi connectivity index (χ2v) is 6.93. The van der Waals surface area contributed by atoms with Gasteiger partial charge >= 0.3 is 0 Å². The van der Waals surface area contributed by atoms with E-state index in [0.29, 0.717) is 5.69 Å². The van der Waals surface area contributed by atoms with Crippen LogP contribution < -0.4 is 0 Å². The molecule has 1 aromatic heterocycles. The number of nitrogens with zero attached hydrogens (tertiary/aromatic N) is 3. The van der Waals surface area contributed by atoms with Crippen LogP contribution in [0.1, 0.15) is 11.8 Å². The van der Waals surface area contributed by atoms with E-state index in [2.05, 4.69) is 10.2 Å². The summed E-state index contributed by atoms with van der Waals surface area (Å²) in [5.74, 6) is 0. The lowest BCUT2D eigenvalue weighted by molar-refractivity contribution is -0.306. The van der Waals surface area contributed by atoms with E-state index < -0.39 is 62.2 Å². The number of aromatic nitrogens is 3. The van der Waals surface area contributed by atoms with Crippen molar-refractivity contribution >= 4 is 0 Å². The molecule has 0 spiro atoms. The highest BCUT2D eigenvalue weighted by Crippen LogP contribution is 2.23. The van der Waals surface area contributed by atoms with Gasteiger partial charge in [0.15, 0.2) is 6.29 Å². The number of benzene rings is 1. The second kappa shape index (κ2) is 9.87. The highest BCUT2D eigenvalue weighted by atomic mass is 16.7. The molecule has 1 fully saturated rings. The van der Waals surface area contributed by atoms with Crippen molar-refractivity contribution in [3.8, 4) is 5.69 Å². The van der Waals surface area contributed by atoms with Crippen molar-refractivity contribution in [3.63, 3.8) is 0 Å². The Kier molecular flexibility index (Phi) is 7.46. The third-order valence-electron chi connectivity index (χ3n) is 4.80. The summed E-state index contributed by atoms with van der Waals surface area (Å²) < 4.78 is 10.3. The fraction of sp³-hybridized carbons (Fsp3) is 0.556. The lowest BCUT2D eigenvalue weighted by Gasteiger charge is -2.40. The van der Waals surface area contributed by atoms with Gasteiger partial charge in [-0.05, 0) is 12.1 Å². The second-order valence-electron chi connectivity index (χ2n) is 6.93. The quantitative estimate of drug-likeness (QED) is 0.225. The Hall–Kier alpha value is -2.00. The molecule has 12 nitrogen and oxygen atoms in total. The van der Waals surface area contributed by atoms with Crippen molar-refractivity contribution in [2.75, 3.05) is 13.2 Å². The van der Waals surface area contributed by atoms with Gasteiger partial charge in [-0.3, -0.25) is 0 Å². The highest BCUT2D eigenvalue weighted by molar-refractivity contribution is 5.28. The van der Waals surface area contributed by atoms with Crippen molar-refractivity contribution in [3.05, 3.63) is 42.2 Å². The van der Waals surface area contributed by atoms with E-state index in [9.17, 15) is 30.6 Å². The molecule has 3 rings (SSSR count). The van der Waals surface area contributed by atoms with E-state index in [1.54, 1.807) is 24.3 Å².